The SMILES string of the molecule is Cl.Cl.O=C(C1CCNC1)N1CCC(N2CCCCC2)CC1. The first-order valence-electron chi connectivity index (χ1n) is 8.08. The third-order valence-corrected chi connectivity index (χ3v) is 5.09. The number of nitrogens with one attached hydrogen (secondary N) is 1. The summed E-state index contributed by atoms with van der Waals surface area (Å²) in [5, 5.41) is 3.30. The molecule has 3 heterocycles. The van der Waals surface area contributed by atoms with Crippen LogP contribution in [0.15, 0.2) is 0 Å². The predicted molar refractivity (Wildman–Crippen MR) is 90.5 cm³/mol. The van der Waals surface area contributed by atoms with Gasteiger partial charge in [-0.1, -0.05) is 6.42 Å². The molecule has 3 aliphatic rings. The number of halogens is 2. The van der Waals surface area contributed by atoms with E-state index in [1.165, 1.54) is 45.2 Å². The summed E-state index contributed by atoms with van der Waals surface area (Å²) in [5.74, 6) is 0.661. The van der Waals surface area contributed by atoms with Gasteiger partial charge in [-0.25, -0.2) is 0 Å². The van der Waals surface area contributed by atoms with E-state index in [9.17, 15) is 4.79 Å². The van der Waals surface area contributed by atoms with Crippen molar-refractivity contribution >= 4 is 30.7 Å². The highest BCUT2D eigenvalue weighted by Gasteiger charge is 2.31. The Morgan fingerprint density at radius 1 is 0.905 bits per heavy atom. The van der Waals surface area contributed by atoms with Crippen molar-refractivity contribution in [3.05, 3.63) is 0 Å². The van der Waals surface area contributed by atoms with Crippen molar-refractivity contribution < 1.29 is 4.79 Å². The molecule has 1 unspecified atom stereocenters. The van der Waals surface area contributed by atoms with E-state index in [0.29, 0.717) is 5.91 Å². The van der Waals surface area contributed by atoms with Crippen LogP contribution < -0.4 is 5.32 Å². The van der Waals surface area contributed by atoms with Crippen molar-refractivity contribution in [1.29, 1.82) is 0 Å². The van der Waals surface area contributed by atoms with Crippen molar-refractivity contribution in [2.45, 2.75) is 44.6 Å². The summed E-state index contributed by atoms with van der Waals surface area (Å²) in [6, 6.07) is 0.742. The fourth-order valence-corrected chi connectivity index (χ4v) is 3.86. The van der Waals surface area contributed by atoms with Gasteiger partial charge in [-0.3, -0.25) is 4.79 Å². The number of nitrogens with zero attached hydrogens (tertiary/aromatic N) is 2. The van der Waals surface area contributed by atoms with Crippen molar-refractivity contribution in [2.24, 2.45) is 5.92 Å². The summed E-state index contributed by atoms with van der Waals surface area (Å²) >= 11 is 0. The van der Waals surface area contributed by atoms with Gasteiger partial charge in [-0.15, -0.1) is 24.8 Å². The highest BCUT2D eigenvalue weighted by molar-refractivity contribution is 5.85. The molecule has 0 aromatic rings. The topological polar surface area (TPSA) is 35.6 Å². The van der Waals surface area contributed by atoms with Crippen LogP contribution in [0.25, 0.3) is 0 Å². The molecule has 6 heteroatoms. The standard InChI is InChI=1S/C15H27N3O.2ClH/c19-15(13-4-7-16-12-13)18-10-5-14(6-11-18)17-8-2-1-3-9-17;;/h13-14,16H,1-12H2;2*1H. The van der Waals surface area contributed by atoms with Gasteiger partial charge in [0.15, 0.2) is 0 Å². The Morgan fingerprint density at radius 2 is 1.57 bits per heavy atom. The first-order valence-corrected chi connectivity index (χ1v) is 8.08. The van der Waals surface area contributed by atoms with Gasteiger partial charge in [0.25, 0.3) is 0 Å². The average molecular weight is 338 g/mol. The molecule has 21 heavy (non-hydrogen) atoms. The van der Waals surface area contributed by atoms with Crippen molar-refractivity contribution in [3.63, 3.8) is 0 Å². The lowest BCUT2D eigenvalue weighted by Gasteiger charge is -2.40. The maximum absolute atomic E-state index is 12.4. The third-order valence-electron chi connectivity index (χ3n) is 5.09. The molecule has 3 fully saturated rings. The van der Waals surface area contributed by atoms with E-state index in [2.05, 4.69) is 15.1 Å². The van der Waals surface area contributed by atoms with Crippen LogP contribution in [0.5, 0.6) is 0 Å². The lowest BCUT2D eigenvalue weighted by atomic mass is 9.98. The second kappa shape index (κ2) is 9.19. The minimum Gasteiger partial charge on any atom is -0.342 e. The van der Waals surface area contributed by atoms with Gasteiger partial charge < -0.3 is 15.1 Å². The number of hydrogen-bond acceptors (Lipinski definition) is 3. The molecule has 1 N–H and O–H groups in total. The Labute approximate surface area is 140 Å². The molecule has 1 atom stereocenters. The normalized spacial score (nSPS) is 27.8. The van der Waals surface area contributed by atoms with Gasteiger partial charge in [0.05, 0.1) is 5.92 Å². The summed E-state index contributed by atoms with van der Waals surface area (Å²) in [6.45, 7) is 6.44. The molecule has 0 radical (unpaired) electrons. The summed E-state index contributed by atoms with van der Waals surface area (Å²) in [7, 11) is 0. The monoisotopic (exact) mass is 337 g/mol. The van der Waals surface area contributed by atoms with Crippen LogP contribution in [0.3, 0.4) is 0 Å². The average Bonchev–Trinajstić information content (AvgIpc) is 3.02. The lowest BCUT2D eigenvalue weighted by Crippen LogP contribution is -2.49. The van der Waals surface area contributed by atoms with E-state index in [0.717, 1.165) is 38.6 Å². The molecule has 0 spiro atoms. The van der Waals surface area contributed by atoms with Crippen LogP contribution in [0.2, 0.25) is 0 Å². The predicted octanol–water partition coefficient (Wildman–Crippen LogP) is 1.92. The molecule has 0 aromatic heterocycles. The van der Waals surface area contributed by atoms with Crippen LogP contribution in [0.1, 0.15) is 38.5 Å². The van der Waals surface area contributed by atoms with Gasteiger partial charge in [0.1, 0.15) is 0 Å². The first kappa shape index (κ1) is 19.0. The van der Waals surface area contributed by atoms with Gasteiger partial charge in [-0.2, -0.15) is 0 Å². The molecule has 3 rings (SSSR count). The van der Waals surface area contributed by atoms with Crippen LogP contribution in [0.4, 0.5) is 0 Å². The molecule has 4 nitrogen and oxygen atoms in total. The smallest absolute Gasteiger partial charge is 0.227 e. The molecular weight excluding hydrogens is 309 g/mol. The Bertz CT molecular complexity index is 310. The summed E-state index contributed by atoms with van der Waals surface area (Å²) in [6.07, 6.45) is 7.55. The zero-order chi connectivity index (χ0) is 13.1. The van der Waals surface area contributed by atoms with E-state index in [1.807, 2.05) is 0 Å². The van der Waals surface area contributed by atoms with E-state index >= 15 is 0 Å². The lowest BCUT2D eigenvalue weighted by molar-refractivity contribution is -0.136. The molecule has 0 saturated carbocycles. The molecule has 1 amide bonds. The number of rotatable bonds is 2. The molecule has 3 saturated heterocycles. The van der Waals surface area contributed by atoms with Crippen molar-refractivity contribution in [2.75, 3.05) is 39.3 Å². The molecule has 3 aliphatic heterocycles. The Kier molecular flexibility index (Phi) is 8.32. The number of likely N-dealkylation sites (tertiary alicyclic amines) is 2. The second-order valence-corrected chi connectivity index (χ2v) is 6.34. The summed E-state index contributed by atoms with van der Waals surface area (Å²) in [4.78, 5) is 17.1. The number of piperidine rings is 2. The van der Waals surface area contributed by atoms with Gasteiger partial charge >= 0.3 is 0 Å². The van der Waals surface area contributed by atoms with Gasteiger partial charge in [0, 0.05) is 25.7 Å². The Balaban J connectivity index is 0.00000110. The van der Waals surface area contributed by atoms with Crippen LogP contribution in [-0.4, -0.2) is 61.0 Å². The highest BCUT2D eigenvalue weighted by Crippen LogP contribution is 2.22. The van der Waals surface area contributed by atoms with Gasteiger partial charge in [-0.05, 0) is 51.7 Å². The molecule has 0 aromatic carbocycles. The minimum absolute atomic E-state index is 0. The summed E-state index contributed by atoms with van der Waals surface area (Å²) < 4.78 is 0. The first-order chi connectivity index (χ1) is 9.34. The van der Waals surface area contributed by atoms with Crippen LogP contribution in [0, 0.1) is 5.92 Å². The van der Waals surface area contributed by atoms with Crippen LogP contribution >= 0.6 is 24.8 Å². The maximum atomic E-state index is 12.4. The highest BCUT2D eigenvalue weighted by atomic mass is 35.5. The quantitative estimate of drug-likeness (QED) is 0.836. The second-order valence-electron chi connectivity index (χ2n) is 6.34. The number of hydrogen-bond donors (Lipinski definition) is 1. The number of amides is 1. The zero-order valence-corrected chi connectivity index (χ0v) is 14.4. The molecule has 124 valence electrons. The minimum atomic E-state index is 0. The Morgan fingerprint density at radius 3 is 2.14 bits per heavy atom. The van der Waals surface area contributed by atoms with Crippen molar-refractivity contribution in [1.82, 2.24) is 15.1 Å². The summed E-state index contributed by atoms with van der Waals surface area (Å²) in [5.41, 5.74) is 0. The maximum Gasteiger partial charge on any atom is 0.227 e. The fourth-order valence-electron chi connectivity index (χ4n) is 3.86. The van der Waals surface area contributed by atoms with E-state index < -0.39 is 0 Å². The van der Waals surface area contributed by atoms with E-state index in [-0.39, 0.29) is 30.7 Å². The van der Waals surface area contributed by atoms with Gasteiger partial charge in [0.2, 0.25) is 5.91 Å². The zero-order valence-electron chi connectivity index (χ0n) is 12.8. The fraction of sp³-hybridized carbons (Fsp3) is 0.933. The Hall–Kier alpha value is -0.0300. The van der Waals surface area contributed by atoms with Crippen LogP contribution in [-0.2, 0) is 4.79 Å². The number of carbonyl (C=O) groups excluding carboxylic acids is 1. The van der Waals surface area contributed by atoms with Crippen molar-refractivity contribution in [3.8, 4) is 0 Å². The van der Waals surface area contributed by atoms with E-state index in [1.54, 1.807) is 0 Å². The number of carbonyl (C=O) groups is 1. The largest absolute Gasteiger partial charge is 0.342 e. The molecule has 0 aliphatic carbocycles. The molecule has 0 bridgehead atoms. The molecular formula is C15H29Cl2N3O. The third kappa shape index (κ3) is 4.72. The van der Waals surface area contributed by atoms with E-state index in [4.69, 9.17) is 0 Å².